The van der Waals surface area contributed by atoms with E-state index in [1.165, 1.54) is 71.1 Å². The van der Waals surface area contributed by atoms with Crippen LogP contribution in [0.3, 0.4) is 0 Å². The fraction of sp³-hybridized carbons (Fsp3) is 1.00. The lowest BCUT2D eigenvalue weighted by Gasteiger charge is -2.33. The van der Waals surface area contributed by atoms with E-state index in [1.54, 1.807) is 0 Å². The average Bonchev–Trinajstić information content (AvgIpc) is 2.63. The predicted molar refractivity (Wildman–Crippen MR) is 120 cm³/mol. The van der Waals surface area contributed by atoms with Crippen molar-refractivity contribution in [3.05, 3.63) is 0 Å². The lowest BCUT2D eigenvalue weighted by Crippen LogP contribution is -2.47. The first-order chi connectivity index (χ1) is 13.3. The molecule has 0 saturated heterocycles. The van der Waals surface area contributed by atoms with E-state index < -0.39 is 21.0 Å². The summed E-state index contributed by atoms with van der Waals surface area (Å²) in [6.07, 6.45) is 17.7. The Morgan fingerprint density at radius 3 is 1.18 bits per heavy atom. The Kier molecular flexibility index (Phi) is 16.6. The van der Waals surface area contributed by atoms with Crippen molar-refractivity contribution in [1.29, 1.82) is 0 Å². The Labute approximate surface area is 175 Å². The third-order valence-corrected chi connectivity index (χ3v) is 7.96. The molecule has 0 saturated carbocycles. The molecule has 28 heavy (non-hydrogen) atoms. The molecule has 0 aromatic rings. The zero-order chi connectivity index (χ0) is 21.3. The summed E-state index contributed by atoms with van der Waals surface area (Å²) in [7, 11) is -4.29. The molecule has 0 bridgehead atoms. The molecule has 5 heteroatoms. The van der Waals surface area contributed by atoms with E-state index in [9.17, 15) is 18.1 Å². The molecule has 0 aliphatic rings. The standard InChI is InChI=1S/C23H48O4S/c1-4-6-8-10-12-14-16-18-20-23(22(3)24,28(25,26)27)21-19-17-15-13-11-9-7-5-2/h22,24H,4-21H2,1-3H3,(H,25,26,27). The Bertz CT molecular complexity index is 426. The minimum absolute atomic E-state index is 0.356. The lowest BCUT2D eigenvalue weighted by molar-refractivity contribution is 0.120. The van der Waals surface area contributed by atoms with Crippen LogP contribution in [0.15, 0.2) is 0 Å². The van der Waals surface area contributed by atoms with E-state index in [-0.39, 0.29) is 0 Å². The van der Waals surface area contributed by atoms with E-state index in [4.69, 9.17) is 0 Å². The molecule has 0 spiro atoms. The zero-order valence-electron chi connectivity index (χ0n) is 18.9. The van der Waals surface area contributed by atoms with Gasteiger partial charge in [0.05, 0.1) is 6.10 Å². The van der Waals surface area contributed by atoms with Crippen LogP contribution in [0, 0.1) is 0 Å². The van der Waals surface area contributed by atoms with Gasteiger partial charge in [0.25, 0.3) is 10.1 Å². The van der Waals surface area contributed by atoms with Crippen molar-refractivity contribution in [2.75, 3.05) is 0 Å². The molecular formula is C23H48O4S. The quantitative estimate of drug-likeness (QED) is 0.163. The molecule has 2 N–H and O–H groups in total. The first kappa shape index (κ1) is 27.9. The van der Waals surface area contributed by atoms with Gasteiger partial charge in [-0.05, 0) is 19.8 Å². The van der Waals surface area contributed by atoms with Crippen LogP contribution in [-0.4, -0.2) is 28.9 Å². The summed E-state index contributed by atoms with van der Waals surface area (Å²) in [5.41, 5.74) is 0. The van der Waals surface area contributed by atoms with Crippen molar-refractivity contribution in [2.45, 2.75) is 147 Å². The van der Waals surface area contributed by atoms with Crippen LogP contribution in [0.2, 0.25) is 0 Å². The van der Waals surface area contributed by atoms with Gasteiger partial charge >= 0.3 is 0 Å². The van der Waals surface area contributed by atoms with Crippen LogP contribution < -0.4 is 0 Å². The maximum absolute atomic E-state index is 12.2. The van der Waals surface area contributed by atoms with E-state index in [0.717, 1.165) is 38.5 Å². The van der Waals surface area contributed by atoms with Gasteiger partial charge in [0.1, 0.15) is 4.75 Å². The molecule has 1 atom stereocenters. The lowest BCUT2D eigenvalue weighted by atomic mass is 9.89. The molecule has 0 aromatic heterocycles. The maximum atomic E-state index is 12.2. The molecule has 0 aromatic carbocycles. The van der Waals surface area contributed by atoms with Crippen molar-refractivity contribution < 1.29 is 18.1 Å². The summed E-state index contributed by atoms with van der Waals surface area (Å²) < 4.78 is 32.9. The third-order valence-electron chi connectivity index (χ3n) is 6.18. The highest BCUT2D eigenvalue weighted by atomic mass is 32.2. The van der Waals surface area contributed by atoms with Gasteiger partial charge in [-0.15, -0.1) is 0 Å². The second-order valence-corrected chi connectivity index (χ2v) is 10.4. The minimum atomic E-state index is -4.29. The largest absolute Gasteiger partial charge is 0.392 e. The van der Waals surface area contributed by atoms with Gasteiger partial charge in [-0.3, -0.25) is 4.55 Å². The molecule has 0 amide bonds. The molecule has 0 heterocycles. The van der Waals surface area contributed by atoms with Gasteiger partial charge < -0.3 is 5.11 Å². The van der Waals surface area contributed by atoms with Crippen molar-refractivity contribution in [2.24, 2.45) is 0 Å². The van der Waals surface area contributed by atoms with Gasteiger partial charge in [0.2, 0.25) is 0 Å². The summed E-state index contributed by atoms with van der Waals surface area (Å²) >= 11 is 0. The first-order valence-electron chi connectivity index (χ1n) is 12.0. The van der Waals surface area contributed by atoms with Gasteiger partial charge in [0, 0.05) is 0 Å². The fourth-order valence-corrected chi connectivity index (χ4v) is 5.37. The number of hydrogen-bond acceptors (Lipinski definition) is 3. The number of rotatable bonds is 20. The van der Waals surface area contributed by atoms with Crippen molar-refractivity contribution in [3.8, 4) is 0 Å². The predicted octanol–water partition coefficient (Wildman–Crippen LogP) is 7.06. The fourth-order valence-electron chi connectivity index (χ4n) is 4.13. The summed E-state index contributed by atoms with van der Waals surface area (Å²) in [5, 5.41) is 10.3. The van der Waals surface area contributed by atoms with Crippen LogP contribution in [0.4, 0.5) is 0 Å². The summed E-state index contributed by atoms with van der Waals surface area (Å²) in [6, 6.07) is 0. The van der Waals surface area contributed by atoms with Crippen LogP contribution in [-0.2, 0) is 10.1 Å². The van der Waals surface area contributed by atoms with Crippen LogP contribution in [0.5, 0.6) is 0 Å². The number of aliphatic hydroxyl groups is 1. The zero-order valence-corrected chi connectivity index (χ0v) is 19.7. The Morgan fingerprint density at radius 1 is 0.643 bits per heavy atom. The Hall–Kier alpha value is -0.130. The summed E-state index contributed by atoms with van der Waals surface area (Å²) in [5.74, 6) is 0. The highest BCUT2D eigenvalue weighted by molar-refractivity contribution is 7.87. The van der Waals surface area contributed by atoms with Crippen LogP contribution >= 0.6 is 0 Å². The van der Waals surface area contributed by atoms with E-state index in [0.29, 0.717) is 12.8 Å². The molecular weight excluding hydrogens is 372 g/mol. The van der Waals surface area contributed by atoms with E-state index >= 15 is 0 Å². The number of unbranched alkanes of at least 4 members (excludes halogenated alkanes) is 14. The molecule has 1 unspecified atom stereocenters. The van der Waals surface area contributed by atoms with Gasteiger partial charge in [-0.25, -0.2) is 0 Å². The molecule has 0 fully saturated rings. The average molecular weight is 421 g/mol. The summed E-state index contributed by atoms with van der Waals surface area (Å²) in [6.45, 7) is 5.93. The van der Waals surface area contributed by atoms with Crippen molar-refractivity contribution in [1.82, 2.24) is 0 Å². The van der Waals surface area contributed by atoms with Gasteiger partial charge in [-0.1, -0.05) is 117 Å². The highest BCUT2D eigenvalue weighted by Gasteiger charge is 2.46. The van der Waals surface area contributed by atoms with E-state index in [2.05, 4.69) is 13.8 Å². The smallest absolute Gasteiger partial charge is 0.273 e. The van der Waals surface area contributed by atoms with Crippen molar-refractivity contribution in [3.63, 3.8) is 0 Å². The highest BCUT2D eigenvalue weighted by Crippen LogP contribution is 2.34. The third kappa shape index (κ3) is 11.8. The van der Waals surface area contributed by atoms with Crippen molar-refractivity contribution >= 4 is 10.1 Å². The molecule has 0 aliphatic carbocycles. The topological polar surface area (TPSA) is 74.6 Å². The van der Waals surface area contributed by atoms with Gasteiger partial charge in [-0.2, -0.15) is 8.42 Å². The van der Waals surface area contributed by atoms with Crippen LogP contribution in [0.1, 0.15) is 136 Å². The second-order valence-electron chi connectivity index (χ2n) is 8.67. The molecule has 0 radical (unpaired) electrons. The molecule has 0 aliphatic heterocycles. The van der Waals surface area contributed by atoms with E-state index in [1.807, 2.05) is 0 Å². The maximum Gasteiger partial charge on any atom is 0.273 e. The van der Waals surface area contributed by atoms with Crippen LogP contribution in [0.25, 0.3) is 0 Å². The molecule has 4 nitrogen and oxygen atoms in total. The monoisotopic (exact) mass is 420 g/mol. The normalized spacial score (nSPS) is 13.8. The second kappa shape index (κ2) is 16.6. The Morgan fingerprint density at radius 2 is 0.929 bits per heavy atom. The molecule has 170 valence electrons. The number of hydrogen-bond donors (Lipinski definition) is 2. The Balaban J connectivity index is 4.35. The van der Waals surface area contributed by atoms with Gasteiger partial charge in [0.15, 0.2) is 0 Å². The first-order valence-corrected chi connectivity index (χ1v) is 13.4. The SMILES string of the molecule is CCCCCCCCCCC(CCCCCCCCCC)(C(C)O)S(=O)(=O)O. The number of aliphatic hydroxyl groups excluding tert-OH is 1. The minimum Gasteiger partial charge on any atom is -0.392 e. The molecule has 0 rings (SSSR count). The summed E-state index contributed by atoms with van der Waals surface area (Å²) in [4.78, 5) is 0.